The average Bonchev–Trinajstić information content (AvgIpc) is 2.68. The number of hydrogen-bond donors (Lipinski definition) is 3. The number of carbonyl (C=O) groups is 2. The zero-order chi connectivity index (χ0) is 20.1. The van der Waals surface area contributed by atoms with Crippen molar-refractivity contribution in [2.45, 2.75) is 25.5 Å². The monoisotopic (exact) mass is 385 g/mol. The van der Waals surface area contributed by atoms with Crippen molar-refractivity contribution in [2.75, 3.05) is 19.6 Å². The molecule has 0 aromatic heterocycles. The van der Waals surface area contributed by atoms with Gasteiger partial charge in [-0.3, -0.25) is 4.79 Å². The number of fused-ring (bicyclic) bond motifs is 1. The average molecular weight is 385 g/mol. The Bertz CT molecular complexity index is 856. The van der Waals surface area contributed by atoms with E-state index in [0.29, 0.717) is 18.7 Å². The molecule has 0 bridgehead atoms. The Kier molecular flexibility index (Phi) is 6.26. The van der Waals surface area contributed by atoms with Gasteiger partial charge >= 0.3 is 6.03 Å². The summed E-state index contributed by atoms with van der Waals surface area (Å²) in [5, 5.41) is 15.2. The SMILES string of the molecule is CC(O)C(NC(=O)NCCN1CCc2ccccc2C1=O)c1ccccc1F. The first-order valence-electron chi connectivity index (χ1n) is 9.31. The zero-order valence-corrected chi connectivity index (χ0v) is 15.7. The third kappa shape index (κ3) is 4.48. The zero-order valence-electron chi connectivity index (χ0n) is 15.7. The minimum Gasteiger partial charge on any atom is -0.391 e. The van der Waals surface area contributed by atoms with Crippen LogP contribution in [0.25, 0.3) is 0 Å². The van der Waals surface area contributed by atoms with E-state index in [1.54, 1.807) is 17.0 Å². The van der Waals surface area contributed by atoms with Crippen LogP contribution in [0, 0.1) is 5.82 Å². The second kappa shape index (κ2) is 8.84. The minimum atomic E-state index is -0.970. The first kappa shape index (κ1) is 19.8. The Balaban J connectivity index is 1.53. The molecule has 1 heterocycles. The lowest BCUT2D eigenvalue weighted by Crippen LogP contribution is -2.46. The number of amides is 3. The van der Waals surface area contributed by atoms with Gasteiger partial charge in [0.2, 0.25) is 0 Å². The normalized spacial score (nSPS) is 15.5. The van der Waals surface area contributed by atoms with Crippen LogP contribution in [0.5, 0.6) is 0 Å². The van der Waals surface area contributed by atoms with Crippen LogP contribution in [-0.4, -0.2) is 47.7 Å². The summed E-state index contributed by atoms with van der Waals surface area (Å²) in [6.07, 6.45) is -0.186. The first-order chi connectivity index (χ1) is 13.5. The van der Waals surface area contributed by atoms with Crippen molar-refractivity contribution in [3.63, 3.8) is 0 Å². The highest BCUT2D eigenvalue weighted by Gasteiger charge is 2.25. The number of halogens is 1. The highest BCUT2D eigenvalue weighted by molar-refractivity contribution is 5.96. The van der Waals surface area contributed by atoms with Gasteiger partial charge in [0.25, 0.3) is 5.91 Å². The number of nitrogens with zero attached hydrogens (tertiary/aromatic N) is 1. The van der Waals surface area contributed by atoms with Crippen molar-refractivity contribution in [1.82, 2.24) is 15.5 Å². The van der Waals surface area contributed by atoms with Crippen LogP contribution in [0.2, 0.25) is 0 Å². The summed E-state index contributed by atoms with van der Waals surface area (Å²) in [5.41, 5.74) is 1.96. The van der Waals surface area contributed by atoms with Gasteiger partial charge in [-0.25, -0.2) is 9.18 Å². The lowest BCUT2D eigenvalue weighted by Gasteiger charge is -2.29. The van der Waals surface area contributed by atoms with Gasteiger partial charge in [0.15, 0.2) is 0 Å². The molecule has 0 radical (unpaired) electrons. The summed E-state index contributed by atoms with van der Waals surface area (Å²) in [4.78, 5) is 26.4. The van der Waals surface area contributed by atoms with Crippen LogP contribution in [0.4, 0.5) is 9.18 Å². The van der Waals surface area contributed by atoms with E-state index in [0.717, 1.165) is 12.0 Å². The number of hydrogen-bond acceptors (Lipinski definition) is 3. The number of nitrogens with one attached hydrogen (secondary N) is 2. The van der Waals surface area contributed by atoms with Crippen LogP contribution < -0.4 is 10.6 Å². The third-order valence-corrected chi connectivity index (χ3v) is 4.86. The fraction of sp³-hybridized carbons (Fsp3) is 0.333. The highest BCUT2D eigenvalue weighted by atomic mass is 19.1. The first-order valence-corrected chi connectivity index (χ1v) is 9.31. The molecule has 28 heavy (non-hydrogen) atoms. The van der Waals surface area contributed by atoms with Crippen LogP contribution in [-0.2, 0) is 6.42 Å². The molecule has 0 spiro atoms. The van der Waals surface area contributed by atoms with Crippen molar-refractivity contribution in [1.29, 1.82) is 0 Å². The van der Waals surface area contributed by atoms with Gasteiger partial charge in [-0.05, 0) is 31.0 Å². The van der Waals surface area contributed by atoms with Crippen LogP contribution in [0.3, 0.4) is 0 Å². The van der Waals surface area contributed by atoms with E-state index in [1.165, 1.54) is 19.1 Å². The van der Waals surface area contributed by atoms with Crippen molar-refractivity contribution in [3.05, 3.63) is 71.0 Å². The molecule has 2 atom stereocenters. The molecule has 2 aromatic rings. The van der Waals surface area contributed by atoms with Gasteiger partial charge in [0, 0.05) is 30.8 Å². The molecule has 7 heteroatoms. The molecule has 1 aliphatic heterocycles. The molecular weight excluding hydrogens is 361 g/mol. The number of carbonyl (C=O) groups excluding carboxylic acids is 2. The molecule has 0 saturated carbocycles. The number of aliphatic hydroxyl groups is 1. The summed E-state index contributed by atoms with van der Waals surface area (Å²) < 4.78 is 14.0. The predicted molar refractivity (Wildman–Crippen MR) is 103 cm³/mol. The van der Waals surface area contributed by atoms with Crippen molar-refractivity contribution < 1.29 is 19.1 Å². The smallest absolute Gasteiger partial charge is 0.315 e. The van der Waals surface area contributed by atoms with E-state index in [9.17, 15) is 19.1 Å². The number of benzene rings is 2. The molecule has 148 valence electrons. The fourth-order valence-electron chi connectivity index (χ4n) is 3.37. The molecule has 6 nitrogen and oxygen atoms in total. The van der Waals surface area contributed by atoms with Crippen molar-refractivity contribution in [3.8, 4) is 0 Å². The molecule has 0 saturated heterocycles. The van der Waals surface area contributed by atoms with E-state index in [-0.39, 0.29) is 18.0 Å². The van der Waals surface area contributed by atoms with Crippen LogP contribution in [0.15, 0.2) is 48.5 Å². The van der Waals surface area contributed by atoms with E-state index in [1.807, 2.05) is 24.3 Å². The van der Waals surface area contributed by atoms with E-state index in [2.05, 4.69) is 10.6 Å². The standard InChI is InChI=1S/C21H24FN3O3/c1-14(26)19(17-8-4-5-9-18(17)22)24-21(28)23-11-13-25-12-10-15-6-2-3-7-16(15)20(25)27/h2-9,14,19,26H,10-13H2,1H3,(H2,23,24,28). The summed E-state index contributed by atoms with van der Waals surface area (Å²) in [6.45, 7) is 2.72. The Morgan fingerprint density at radius 1 is 1.21 bits per heavy atom. The summed E-state index contributed by atoms with van der Waals surface area (Å²) in [5.74, 6) is -0.538. The summed E-state index contributed by atoms with van der Waals surface area (Å²) in [7, 11) is 0. The molecule has 2 aromatic carbocycles. The van der Waals surface area contributed by atoms with Crippen molar-refractivity contribution >= 4 is 11.9 Å². The van der Waals surface area contributed by atoms with Crippen LogP contribution in [0.1, 0.15) is 34.5 Å². The molecule has 2 unspecified atom stereocenters. The maximum absolute atomic E-state index is 14.0. The summed E-state index contributed by atoms with van der Waals surface area (Å²) in [6, 6.07) is 12.1. The summed E-state index contributed by atoms with van der Waals surface area (Å²) >= 11 is 0. The molecule has 1 aliphatic rings. The Labute approximate surface area is 163 Å². The second-order valence-corrected chi connectivity index (χ2v) is 6.84. The molecule has 0 aliphatic carbocycles. The quantitative estimate of drug-likeness (QED) is 0.713. The Morgan fingerprint density at radius 2 is 1.93 bits per heavy atom. The molecular formula is C21H24FN3O3. The highest BCUT2D eigenvalue weighted by Crippen LogP contribution is 2.20. The van der Waals surface area contributed by atoms with Gasteiger partial charge in [-0.2, -0.15) is 0 Å². The van der Waals surface area contributed by atoms with Gasteiger partial charge in [0.05, 0.1) is 12.1 Å². The molecule has 3 N–H and O–H groups in total. The topological polar surface area (TPSA) is 81.7 Å². The molecule has 0 fully saturated rings. The Morgan fingerprint density at radius 3 is 2.68 bits per heavy atom. The third-order valence-electron chi connectivity index (χ3n) is 4.86. The minimum absolute atomic E-state index is 0.0442. The fourth-order valence-corrected chi connectivity index (χ4v) is 3.37. The van der Waals surface area contributed by atoms with Crippen molar-refractivity contribution in [2.24, 2.45) is 0 Å². The van der Waals surface area contributed by atoms with Gasteiger partial charge < -0.3 is 20.6 Å². The molecule has 3 rings (SSSR count). The predicted octanol–water partition coefficient (Wildman–Crippen LogP) is 2.25. The number of urea groups is 1. The van der Waals surface area contributed by atoms with E-state index in [4.69, 9.17) is 0 Å². The van der Waals surface area contributed by atoms with Gasteiger partial charge in [-0.1, -0.05) is 36.4 Å². The maximum Gasteiger partial charge on any atom is 0.315 e. The molecule has 3 amide bonds. The van der Waals surface area contributed by atoms with Crippen LogP contribution >= 0.6 is 0 Å². The lowest BCUT2D eigenvalue weighted by atomic mass is 9.99. The number of aliphatic hydroxyl groups excluding tert-OH is 1. The van der Waals surface area contributed by atoms with E-state index < -0.39 is 24.0 Å². The van der Waals surface area contributed by atoms with Gasteiger partial charge in [-0.15, -0.1) is 0 Å². The Hall–Kier alpha value is -2.93. The maximum atomic E-state index is 14.0. The number of rotatable bonds is 6. The lowest BCUT2D eigenvalue weighted by molar-refractivity contribution is 0.0741. The largest absolute Gasteiger partial charge is 0.391 e. The van der Waals surface area contributed by atoms with Gasteiger partial charge in [0.1, 0.15) is 5.82 Å². The van der Waals surface area contributed by atoms with E-state index >= 15 is 0 Å². The second-order valence-electron chi connectivity index (χ2n) is 6.84.